The van der Waals surface area contributed by atoms with Crippen LogP contribution in [-0.4, -0.2) is 40.5 Å². The molecule has 1 amide bonds. The fraction of sp³-hybridized carbons (Fsp3) is 0.306. The van der Waals surface area contributed by atoms with Crippen LogP contribution in [0.15, 0.2) is 102 Å². The molecule has 0 saturated carbocycles. The van der Waals surface area contributed by atoms with Gasteiger partial charge in [-0.1, -0.05) is 42.5 Å². The molecule has 0 unspecified atom stereocenters. The summed E-state index contributed by atoms with van der Waals surface area (Å²) in [6.45, 7) is 8.49. The lowest BCUT2D eigenvalue weighted by Crippen LogP contribution is -2.28. The zero-order valence-electron chi connectivity index (χ0n) is 26.0. The van der Waals surface area contributed by atoms with Crippen LogP contribution in [0.2, 0.25) is 0 Å². The standard InChI is InChI=1S/C36H42N4O4S/c1-3-40(4-2)31-8-7-9-32(25-31)44-35-11-6-5-10-34(35)39-45(42,43)33-18-16-30(17-19-33)36(41)38-26-29-14-12-27(13-15-29)24-28-20-22-37-23-21-28/h5-19,25,28,37,39H,3-4,20-24,26H2,1-2H3,(H,38,41). The maximum atomic E-state index is 13.3. The highest BCUT2D eigenvalue weighted by Gasteiger charge is 2.18. The maximum Gasteiger partial charge on any atom is 0.262 e. The van der Waals surface area contributed by atoms with Gasteiger partial charge in [-0.3, -0.25) is 9.52 Å². The molecule has 0 bridgehead atoms. The Morgan fingerprint density at radius 3 is 2.27 bits per heavy atom. The van der Waals surface area contributed by atoms with Crippen molar-refractivity contribution >= 4 is 27.3 Å². The van der Waals surface area contributed by atoms with E-state index in [4.69, 9.17) is 4.74 Å². The number of sulfonamides is 1. The Hall–Kier alpha value is -4.34. The van der Waals surface area contributed by atoms with Gasteiger partial charge in [0.1, 0.15) is 5.75 Å². The van der Waals surface area contributed by atoms with Crippen molar-refractivity contribution in [1.82, 2.24) is 10.6 Å². The van der Waals surface area contributed by atoms with E-state index >= 15 is 0 Å². The highest BCUT2D eigenvalue weighted by molar-refractivity contribution is 7.92. The third-order valence-corrected chi connectivity index (χ3v) is 9.57. The first-order valence-corrected chi connectivity index (χ1v) is 17.1. The quantitative estimate of drug-likeness (QED) is 0.155. The number of carbonyl (C=O) groups excluding carboxylic acids is 1. The van der Waals surface area contributed by atoms with Crippen LogP contribution in [-0.2, 0) is 23.0 Å². The number of ether oxygens (including phenoxy) is 1. The van der Waals surface area contributed by atoms with Crippen molar-refractivity contribution in [2.24, 2.45) is 5.92 Å². The maximum absolute atomic E-state index is 13.3. The molecule has 236 valence electrons. The number of piperidine rings is 1. The van der Waals surface area contributed by atoms with E-state index in [1.165, 1.54) is 42.7 Å². The van der Waals surface area contributed by atoms with E-state index in [1.54, 1.807) is 24.3 Å². The van der Waals surface area contributed by atoms with E-state index in [2.05, 4.69) is 58.4 Å². The van der Waals surface area contributed by atoms with E-state index < -0.39 is 10.0 Å². The predicted molar refractivity (Wildman–Crippen MR) is 181 cm³/mol. The molecular weight excluding hydrogens is 584 g/mol. The van der Waals surface area contributed by atoms with Crippen LogP contribution in [0.4, 0.5) is 11.4 Å². The highest BCUT2D eigenvalue weighted by Crippen LogP contribution is 2.32. The molecule has 1 heterocycles. The number of hydrogen-bond acceptors (Lipinski definition) is 6. The van der Waals surface area contributed by atoms with E-state index in [0.29, 0.717) is 29.3 Å². The van der Waals surface area contributed by atoms with Gasteiger partial charge in [-0.2, -0.15) is 0 Å². The molecule has 0 aliphatic carbocycles. The molecule has 0 spiro atoms. The van der Waals surface area contributed by atoms with E-state index in [0.717, 1.165) is 49.8 Å². The van der Waals surface area contributed by atoms with Crippen molar-refractivity contribution in [1.29, 1.82) is 0 Å². The van der Waals surface area contributed by atoms with Crippen molar-refractivity contribution in [3.8, 4) is 11.5 Å². The van der Waals surface area contributed by atoms with Crippen LogP contribution in [0, 0.1) is 5.92 Å². The first-order chi connectivity index (χ1) is 21.8. The Balaban J connectivity index is 1.18. The Bertz CT molecular complexity index is 1660. The topological polar surface area (TPSA) is 99.8 Å². The third-order valence-electron chi connectivity index (χ3n) is 8.19. The summed E-state index contributed by atoms with van der Waals surface area (Å²) in [5.41, 5.74) is 4.06. The minimum Gasteiger partial charge on any atom is -0.455 e. The second kappa shape index (κ2) is 15.1. The van der Waals surface area contributed by atoms with Gasteiger partial charge < -0.3 is 20.3 Å². The monoisotopic (exact) mass is 626 g/mol. The van der Waals surface area contributed by atoms with Crippen molar-refractivity contribution < 1.29 is 17.9 Å². The fourth-order valence-corrected chi connectivity index (χ4v) is 6.66. The number of para-hydroxylation sites is 2. The lowest BCUT2D eigenvalue weighted by atomic mass is 9.91. The first-order valence-electron chi connectivity index (χ1n) is 15.7. The molecule has 5 rings (SSSR count). The van der Waals surface area contributed by atoms with Crippen LogP contribution < -0.4 is 25.0 Å². The number of benzene rings is 4. The lowest BCUT2D eigenvalue weighted by Gasteiger charge is -2.22. The summed E-state index contributed by atoms with van der Waals surface area (Å²) in [6.07, 6.45) is 3.51. The smallest absolute Gasteiger partial charge is 0.262 e. The lowest BCUT2D eigenvalue weighted by molar-refractivity contribution is 0.0951. The molecule has 45 heavy (non-hydrogen) atoms. The summed E-state index contributed by atoms with van der Waals surface area (Å²) in [5, 5.41) is 6.34. The molecule has 1 aliphatic heterocycles. The van der Waals surface area contributed by atoms with Crippen molar-refractivity contribution in [3.05, 3.63) is 114 Å². The first kappa shape index (κ1) is 32.1. The average Bonchev–Trinajstić information content (AvgIpc) is 3.06. The van der Waals surface area contributed by atoms with Gasteiger partial charge >= 0.3 is 0 Å². The summed E-state index contributed by atoms with van der Waals surface area (Å²) >= 11 is 0. The number of hydrogen-bond donors (Lipinski definition) is 3. The zero-order valence-corrected chi connectivity index (χ0v) is 26.8. The second-order valence-electron chi connectivity index (χ2n) is 11.3. The zero-order chi connectivity index (χ0) is 31.6. The van der Waals surface area contributed by atoms with Crippen LogP contribution >= 0.6 is 0 Å². The van der Waals surface area contributed by atoms with Crippen LogP contribution in [0.5, 0.6) is 11.5 Å². The fourth-order valence-electron chi connectivity index (χ4n) is 5.59. The molecule has 1 fully saturated rings. The molecule has 4 aromatic carbocycles. The minimum atomic E-state index is -3.94. The van der Waals surface area contributed by atoms with E-state index in [9.17, 15) is 13.2 Å². The normalized spacial score (nSPS) is 13.6. The summed E-state index contributed by atoms with van der Waals surface area (Å²) < 4.78 is 35.3. The highest BCUT2D eigenvalue weighted by atomic mass is 32.2. The van der Waals surface area contributed by atoms with Gasteiger partial charge in [0.25, 0.3) is 15.9 Å². The molecule has 4 aromatic rings. The SMILES string of the molecule is CCN(CC)c1cccc(Oc2ccccc2NS(=O)(=O)c2ccc(C(=O)NCc3ccc(CC4CCNCC4)cc3)cc2)c1. The predicted octanol–water partition coefficient (Wildman–Crippen LogP) is 6.60. The molecule has 0 aromatic heterocycles. The van der Waals surface area contributed by atoms with Crippen molar-refractivity contribution in [2.45, 2.75) is 44.6 Å². The largest absolute Gasteiger partial charge is 0.455 e. The third kappa shape index (κ3) is 8.65. The number of carbonyl (C=O) groups is 1. The molecule has 0 atom stereocenters. The molecule has 1 saturated heterocycles. The number of nitrogens with one attached hydrogen (secondary N) is 3. The van der Waals surface area contributed by atoms with E-state index in [-0.39, 0.29) is 10.8 Å². The van der Waals surface area contributed by atoms with Crippen LogP contribution in [0.25, 0.3) is 0 Å². The van der Waals surface area contributed by atoms with Gasteiger partial charge in [-0.15, -0.1) is 0 Å². The van der Waals surface area contributed by atoms with Gasteiger partial charge in [-0.25, -0.2) is 8.42 Å². The Morgan fingerprint density at radius 1 is 0.867 bits per heavy atom. The number of anilines is 2. The Morgan fingerprint density at radius 2 is 1.56 bits per heavy atom. The number of rotatable bonds is 13. The number of nitrogens with zero attached hydrogens (tertiary/aromatic N) is 1. The molecule has 9 heteroatoms. The molecule has 3 N–H and O–H groups in total. The average molecular weight is 627 g/mol. The van der Waals surface area contributed by atoms with Gasteiger partial charge in [-0.05, 0) is 112 Å². The van der Waals surface area contributed by atoms with Gasteiger partial charge in [0.15, 0.2) is 5.75 Å². The second-order valence-corrected chi connectivity index (χ2v) is 13.0. The van der Waals surface area contributed by atoms with Crippen molar-refractivity contribution in [3.63, 3.8) is 0 Å². The van der Waals surface area contributed by atoms with Crippen LogP contribution in [0.3, 0.4) is 0 Å². The number of amides is 1. The molecule has 0 radical (unpaired) electrons. The van der Waals surface area contributed by atoms with Gasteiger partial charge in [0.2, 0.25) is 0 Å². The summed E-state index contributed by atoms with van der Waals surface area (Å²) in [7, 11) is -3.94. The molecule has 1 aliphatic rings. The van der Waals surface area contributed by atoms with Crippen molar-refractivity contribution in [2.75, 3.05) is 35.8 Å². The summed E-state index contributed by atoms with van der Waals surface area (Å²) in [4.78, 5) is 15.1. The van der Waals surface area contributed by atoms with Gasteiger partial charge in [0.05, 0.1) is 10.6 Å². The molecule has 8 nitrogen and oxygen atoms in total. The van der Waals surface area contributed by atoms with Crippen LogP contribution in [0.1, 0.15) is 48.2 Å². The van der Waals surface area contributed by atoms with Gasteiger partial charge in [0, 0.05) is 37.0 Å². The van der Waals surface area contributed by atoms with E-state index in [1.807, 2.05) is 24.3 Å². The Kier molecular flexibility index (Phi) is 10.8. The Labute approximate surface area is 266 Å². The summed E-state index contributed by atoms with van der Waals surface area (Å²) in [5.74, 6) is 1.45. The summed E-state index contributed by atoms with van der Waals surface area (Å²) in [6, 6.07) is 28.9. The minimum absolute atomic E-state index is 0.0433. The molecular formula is C36H42N4O4S.